The summed E-state index contributed by atoms with van der Waals surface area (Å²) in [5, 5.41) is 8.97. The maximum Gasteiger partial charge on any atom is 0.0558 e. The number of likely N-dealkylation sites (tertiary alicyclic amines) is 1. The summed E-state index contributed by atoms with van der Waals surface area (Å²) in [6.07, 6.45) is 6.76. The summed E-state index contributed by atoms with van der Waals surface area (Å²) < 4.78 is 0. The third-order valence-electron chi connectivity index (χ3n) is 3.57. The van der Waals surface area contributed by atoms with Gasteiger partial charge in [0.05, 0.1) is 6.61 Å². The molecule has 1 saturated carbocycles. The van der Waals surface area contributed by atoms with Crippen molar-refractivity contribution in [1.29, 1.82) is 0 Å². The van der Waals surface area contributed by atoms with Gasteiger partial charge < -0.3 is 10.0 Å². The van der Waals surface area contributed by atoms with Gasteiger partial charge in [0.15, 0.2) is 0 Å². The van der Waals surface area contributed by atoms with Crippen molar-refractivity contribution in [3.8, 4) is 0 Å². The molecular weight excluding hydrogens is 188 g/mol. The zero-order chi connectivity index (χ0) is 10.5. The monoisotopic (exact) mass is 212 g/mol. The lowest BCUT2D eigenvalue weighted by Gasteiger charge is -2.22. The van der Waals surface area contributed by atoms with Crippen LogP contribution in [0.3, 0.4) is 0 Å². The SMILES string of the molecule is OCCN(CCCN1CCCC1)C1CC1. The van der Waals surface area contributed by atoms with E-state index in [2.05, 4.69) is 9.80 Å². The third kappa shape index (κ3) is 3.74. The highest BCUT2D eigenvalue weighted by molar-refractivity contribution is 4.84. The predicted octanol–water partition coefficient (Wildman–Crippen LogP) is 0.929. The molecular formula is C12H24N2O. The Labute approximate surface area is 93.1 Å². The molecule has 1 heterocycles. The molecule has 0 aromatic heterocycles. The highest BCUT2D eigenvalue weighted by Crippen LogP contribution is 2.26. The van der Waals surface area contributed by atoms with Crippen molar-refractivity contribution in [3.63, 3.8) is 0 Å². The highest BCUT2D eigenvalue weighted by atomic mass is 16.3. The lowest BCUT2D eigenvalue weighted by molar-refractivity contribution is 0.181. The Bertz CT molecular complexity index is 176. The summed E-state index contributed by atoms with van der Waals surface area (Å²) in [7, 11) is 0. The summed E-state index contributed by atoms with van der Waals surface area (Å²) in [5.74, 6) is 0. The molecule has 0 spiro atoms. The van der Waals surface area contributed by atoms with Crippen LogP contribution < -0.4 is 0 Å². The Balaban J connectivity index is 1.57. The second kappa shape index (κ2) is 5.83. The van der Waals surface area contributed by atoms with Gasteiger partial charge in [0.25, 0.3) is 0 Å². The van der Waals surface area contributed by atoms with E-state index >= 15 is 0 Å². The van der Waals surface area contributed by atoms with Gasteiger partial charge in [-0.15, -0.1) is 0 Å². The molecule has 0 unspecified atom stereocenters. The smallest absolute Gasteiger partial charge is 0.0558 e. The van der Waals surface area contributed by atoms with Crippen molar-refractivity contribution in [2.45, 2.75) is 38.1 Å². The first-order valence-corrected chi connectivity index (χ1v) is 6.47. The quantitative estimate of drug-likeness (QED) is 0.680. The highest BCUT2D eigenvalue weighted by Gasteiger charge is 2.28. The Morgan fingerprint density at radius 2 is 1.87 bits per heavy atom. The molecule has 0 amide bonds. The Morgan fingerprint density at radius 1 is 1.13 bits per heavy atom. The molecule has 2 aliphatic rings. The zero-order valence-corrected chi connectivity index (χ0v) is 9.70. The molecule has 0 aromatic carbocycles. The summed E-state index contributed by atoms with van der Waals surface area (Å²) >= 11 is 0. The molecule has 0 bridgehead atoms. The average Bonchev–Trinajstić information content (AvgIpc) is 2.96. The van der Waals surface area contributed by atoms with Crippen molar-refractivity contribution in [3.05, 3.63) is 0 Å². The van der Waals surface area contributed by atoms with Crippen LogP contribution in [0.15, 0.2) is 0 Å². The molecule has 1 saturated heterocycles. The predicted molar refractivity (Wildman–Crippen MR) is 62.0 cm³/mol. The lowest BCUT2D eigenvalue weighted by Crippen LogP contribution is -2.32. The minimum absolute atomic E-state index is 0.320. The normalized spacial score (nSPS) is 22.8. The number of rotatable bonds is 7. The number of aliphatic hydroxyl groups excluding tert-OH is 1. The lowest BCUT2D eigenvalue weighted by atomic mass is 10.3. The van der Waals surface area contributed by atoms with E-state index in [1.807, 2.05) is 0 Å². The second-order valence-corrected chi connectivity index (χ2v) is 4.89. The molecule has 2 fully saturated rings. The van der Waals surface area contributed by atoms with Crippen molar-refractivity contribution in [1.82, 2.24) is 9.80 Å². The van der Waals surface area contributed by atoms with Gasteiger partial charge in [0, 0.05) is 12.6 Å². The topological polar surface area (TPSA) is 26.7 Å². The van der Waals surface area contributed by atoms with Crippen molar-refractivity contribution < 1.29 is 5.11 Å². The summed E-state index contributed by atoms with van der Waals surface area (Å²) in [6.45, 7) is 6.26. The van der Waals surface area contributed by atoms with E-state index in [-0.39, 0.29) is 0 Å². The van der Waals surface area contributed by atoms with Crippen LogP contribution in [-0.2, 0) is 0 Å². The van der Waals surface area contributed by atoms with Gasteiger partial charge >= 0.3 is 0 Å². The summed E-state index contributed by atoms with van der Waals surface area (Å²) in [6, 6.07) is 0.802. The summed E-state index contributed by atoms with van der Waals surface area (Å²) in [5.41, 5.74) is 0. The Kier molecular flexibility index (Phi) is 4.42. The molecule has 1 aliphatic carbocycles. The van der Waals surface area contributed by atoms with Gasteiger partial charge in [-0.05, 0) is 58.3 Å². The molecule has 0 atom stereocenters. The van der Waals surface area contributed by atoms with Crippen LogP contribution in [-0.4, -0.2) is 60.3 Å². The Hall–Kier alpha value is -0.120. The van der Waals surface area contributed by atoms with Gasteiger partial charge in [-0.1, -0.05) is 0 Å². The van der Waals surface area contributed by atoms with Gasteiger partial charge in [-0.3, -0.25) is 4.90 Å². The molecule has 0 aromatic rings. The number of hydrogen-bond donors (Lipinski definition) is 1. The van der Waals surface area contributed by atoms with Crippen LogP contribution in [0.25, 0.3) is 0 Å². The van der Waals surface area contributed by atoms with Crippen molar-refractivity contribution >= 4 is 0 Å². The maximum absolute atomic E-state index is 8.97. The summed E-state index contributed by atoms with van der Waals surface area (Å²) in [4.78, 5) is 5.04. The molecule has 1 aliphatic heterocycles. The molecule has 88 valence electrons. The second-order valence-electron chi connectivity index (χ2n) is 4.89. The van der Waals surface area contributed by atoms with Crippen LogP contribution >= 0.6 is 0 Å². The van der Waals surface area contributed by atoms with Gasteiger partial charge in [-0.25, -0.2) is 0 Å². The van der Waals surface area contributed by atoms with Gasteiger partial charge in [0.2, 0.25) is 0 Å². The van der Waals surface area contributed by atoms with Crippen molar-refractivity contribution in [2.24, 2.45) is 0 Å². The molecule has 1 N–H and O–H groups in total. The van der Waals surface area contributed by atoms with Crippen LogP contribution in [0.4, 0.5) is 0 Å². The van der Waals surface area contributed by atoms with Gasteiger partial charge in [-0.2, -0.15) is 0 Å². The molecule has 15 heavy (non-hydrogen) atoms. The zero-order valence-electron chi connectivity index (χ0n) is 9.70. The fourth-order valence-electron chi connectivity index (χ4n) is 2.55. The van der Waals surface area contributed by atoms with E-state index in [4.69, 9.17) is 5.11 Å². The first-order valence-electron chi connectivity index (χ1n) is 6.47. The Morgan fingerprint density at radius 3 is 2.47 bits per heavy atom. The first kappa shape index (κ1) is 11.4. The average molecular weight is 212 g/mol. The fraction of sp³-hybridized carbons (Fsp3) is 1.00. The maximum atomic E-state index is 8.97. The standard InChI is InChI=1S/C12H24N2O/c15-11-10-14(12-4-5-12)9-3-8-13-6-1-2-7-13/h12,15H,1-11H2. The first-order chi connectivity index (χ1) is 7.40. The van der Waals surface area contributed by atoms with Crippen LogP contribution in [0, 0.1) is 0 Å². The number of aliphatic hydroxyl groups is 1. The molecule has 3 nitrogen and oxygen atoms in total. The van der Waals surface area contributed by atoms with Crippen LogP contribution in [0.5, 0.6) is 0 Å². The molecule has 0 radical (unpaired) electrons. The number of nitrogens with zero attached hydrogens (tertiary/aromatic N) is 2. The van der Waals surface area contributed by atoms with E-state index in [1.165, 1.54) is 58.3 Å². The van der Waals surface area contributed by atoms with E-state index < -0.39 is 0 Å². The van der Waals surface area contributed by atoms with E-state index in [9.17, 15) is 0 Å². The van der Waals surface area contributed by atoms with Crippen LogP contribution in [0.2, 0.25) is 0 Å². The van der Waals surface area contributed by atoms with Crippen LogP contribution in [0.1, 0.15) is 32.1 Å². The van der Waals surface area contributed by atoms with Gasteiger partial charge in [0.1, 0.15) is 0 Å². The fourth-order valence-corrected chi connectivity index (χ4v) is 2.55. The molecule has 3 heteroatoms. The minimum Gasteiger partial charge on any atom is -0.395 e. The van der Waals surface area contributed by atoms with E-state index in [0.29, 0.717) is 6.61 Å². The third-order valence-corrected chi connectivity index (χ3v) is 3.57. The molecule has 2 rings (SSSR count). The van der Waals surface area contributed by atoms with E-state index in [1.54, 1.807) is 0 Å². The van der Waals surface area contributed by atoms with E-state index in [0.717, 1.165) is 12.6 Å². The number of hydrogen-bond acceptors (Lipinski definition) is 3. The van der Waals surface area contributed by atoms with Crippen molar-refractivity contribution in [2.75, 3.05) is 39.3 Å². The minimum atomic E-state index is 0.320. The largest absolute Gasteiger partial charge is 0.395 e.